The van der Waals surface area contributed by atoms with Gasteiger partial charge in [-0.3, -0.25) is 14.4 Å². The minimum Gasteiger partial charge on any atom is -0.397 e. The van der Waals surface area contributed by atoms with Gasteiger partial charge in [-0.25, -0.2) is 8.78 Å². The number of amides is 3. The van der Waals surface area contributed by atoms with E-state index >= 15 is 0 Å². The van der Waals surface area contributed by atoms with Gasteiger partial charge in [0.2, 0.25) is 5.91 Å². The van der Waals surface area contributed by atoms with E-state index in [0.717, 1.165) is 6.07 Å². The number of aromatic amines is 1. The summed E-state index contributed by atoms with van der Waals surface area (Å²) in [6.07, 6.45) is 2.70. The number of hydrogen-bond donors (Lipinski definition) is 5. The summed E-state index contributed by atoms with van der Waals surface area (Å²) in [6, 6.07) is 7.66. The van der Waals surface area contributed by atoms with E-state index in [9.17, 15) is 23.2 Å². The molecule has 0 aliphatic carbocycles. The molecule has 0 atom stereocenters. The second kappa shape index (κ2) is 11.7. The zero-order chi connectivity index (χ0) is 28.1. The highest BCUT2D eigenvalue weighted by atomic mass is 19.1. The van der Waals surface area contributed by atoms with Gasteiger partial charge in [-0.1, -0.05) is 0 Å². The Hall–Kier alpha value is -4.87. The number of nitrogens with one attached hydrogen (secondary N) is 4. The van der Waals surface area contributed by atoms with Crippen LogP contribution < -0.4 is 21.7 Å². The summed E-state index contributed by atoms with van der Waals surface area (Å²) >= 11 is 0. The summed E-state index contributed by atoms with van der Waals surface area (Å²) in [4.78, 5) is 40.1. The standard InChI is InChI=1S/C27H27F2N7O3/c1-14-22(13-32-36-25-18-11-16(28)6-8-20(18)35-27(25)39)33-15(2)24(14)26(38)31-10-4-3-5-23(37)34-21-9-7-17(29)12-19(21)30/h6-9,11-13,33H,3-5,10,30H2,1-2H3,(H,31,38)(H,34,37)(H,35,36,39)/b32-13+. The minimum atomic E-state index is -0.494. The highest BCUT2D eigenvalue weighted by Crippen LogP contribution is 2.24. The zero-order valence-corrected chi connectivity index (χ0v) is 21.3. The second-order valence-corrected chi connectivity index (χ2v) is 8.99. The van der Waals surface area contributed by atoms with Crippen molar-refractivity contribution in [2.45, 2.75) is 33.1 Å². The van der Waals surface area contributed by atoms with E-state index in [0.29, 0.717) is 58.8 Å². The van der Waals surface area contributed by atoms with Gasteiger partial charge < -0.3 is 26.7 Å². The van der Waals surface area contributed by atoms with E-state index in [1.54, 1.807) is 13.8 Å². The molecule has 202 valence electrons. The van der Waals surface area contributed by atoms with Gasteiger partial charge in [-0.05, 0) is 68.7 Å². The number of halogens is 2. The number of carbonyl (C=O) groups is 3. The molecule has 12 heteroatoms. The molecule has 0 fully saturated rings. The fourth-order valence-corrected chi connectivity index (χ4v) is 4.17. The summed E-state index contributed by atoms with van der Waals surface area (Å²) in [5, 5.41) is 16.0. The van der Waals surface area contributed by atoms with Crippen molar-refractivity contribution in [3.05, 3.63) is 76.1 Å². The Morgan fingerprint density at radius 1 is 1.08 bits per heavy atom. The average molecular weight is 536 g/mol. The molecule has 0 radical (unpaired) electrons. The lowest BCUT2D eigenvalue weighted by molar-refractivity contribution is -0.116. The summed E-state index contributed by atoms with van der Waals surface area (Å²) in [7, 11) is 0. The van der Waals surface area contributed by atoms with E-state index in [1.807, 2.05) is 0 Å². The summed E-state index contributed by atoms with van der Waals surface area (Å²) in [6.45, 7) is 3.86. The van der Waals surface area contributed by atoms with Crippen molar-refractivity contribution >= 4 is 46.7 Å². The van der Waals surface area contributed by atoms with Crippen LogP contribution >= 0.6 is 0 Å². The maximum Gasteiger partial charge on any atom is 0.276 e. The molecule has 0 spiro atoms. The van der Waals surface area contributed by atoms with Crippen LogP contribution in [0.3, 0.4) is 0 Å². The van der Waals surface area contributed by atoms with Crippen LogP contribution in [0.25, 0.3) is 0 Å². The highest BCUT2D eigenvalue weighted by Gasteiger charge is 2.26. The van der Waals surface area contributed by atoms with Crippen LogP contribution in [0.2, 0.25) is 0 Å². The van der Waals surface area contributed by atoms with Gasteiger partial charge in [-0.2, -0.15) is 5.10 Å². The van der Waals surface area contributed by atoms with Gasteiger partial charge in [0.25, 0.3) is 11.8 Å². The van der Waals surface area contributed by atoms with Crippen molar-refractivity contribution in [1.29, 1.82) is 0 Å². The lowest BCUT2D eigenvalue weighted by atomic mass is 10.1. The molecule has 2 aromatic carbocycles. The van der Waals surface area contributed by atoms with Crippen LogP contribution in [0.5, 0.6) is 0 Å². The number of carbonyl (C=O) groups excluding carboxylic acids is 3. The van der Waals surface area contributed by atoms with Crippen LogP contribution in [0.15, 0.2) is 46.6 Å². The lowest BCUT2D eigenvalue weighted by Crippen LogP contribution is -2.25. The topological polar surface area (TPSA) is 154 Å². The molecule has 4 rings (SSSR count). The number of unbranched alkanes of at least 4 members (excludes halogenated alkanes) is 1. The van der Waals surface area contributed by atoms with Gasteiger partial charge in [0.15, 0.2) is 5.71 Å². The van der Waals surface area contributed by atoms with Gasteiger partial charge in [0.05, 0.1) is 34.5 Å². The molecule has 0 bridgehead atoms. The van der Waals surface area contributed by atoms with E-state index in [4.69, 9.17) is 5.73 Å². The van der Waals surface area contributed by atoms with Gasteiger partial charge >= 0.3 is 0 Å². The van der Waals surface area contributed by atoms with E-state index in [-0.39, 0.29) is 29.6 Å². The Bertz CT molecular complexity index is 1510. The number of nitrogens with two attached hydrogens (primary N) is 1. The molecule has 1 aromatic heterocycles. The third-order valence-corrected chi connectivity index (χ3v) is 6.15. The van der Waals surface area contributed by atoms with Crippen molar-refractivity contribution < 1.29 is 23.2 Å². The number of aryl methyl sites for hydroxylation is 1. The van der Waals surface area contributed by atoms with Gasteiger partial charge in [0, 0.05) is 24.2 Å². The third-order valence-electron chi connectivity index (χ3n) is 6.15. The van der Waals surface area contributed by atoms with Crippen molar-refractivity contribution in [2.24, 2.45) is 10.2 Å². The number of nitrogens with zero attached hydrogens (tertiary/aromatic N) is 2. The molecule has 0 saturated carbocycles. The number of nitrogen functional groups attached to an aromatic ring is 1. The molecule has 0 saturated heterocycles. The number of fused-ring (bicyclic) bond motifs is 1. The predicted molar refractivity (Wildman–Crippen MR) is 145 cm³/mol. The Balaban J connectivity index is 1.29. The zero-order valence-electron chi connectivity index (χ0n) is 21.3. The monoisotopic (exact) mass is 535 g/mol. The fraction of sp³-hybridized carbons (Fsp3) is 0.222. The van der Waals surface area contributed by atoms with Crippen LogP contribution in [-0.4, -0.2) is 41.2 Å². The number of rotatable bonds is 9. The van der Waals surface area contributed by atoms with Crippen molar-refractivity contribution in [2.75, 3.05) is 22.9 Å². The molecule has 2 heterocycles. The molecular weight excluding hydrogens is 508 g/mol. The maximum absolute atomic E-state index is 13.6. The van der Waals surface area contributed by atoms with E-state index in [2.05, 4.69) is 31.1 Å². The van der Waals surface area contributed by atoms with Crippen LogP contribution in [0.4, 0.5) is 25.8 Å². The first-order chi connectivity index (χ1) is 18.6. The number of hydrogen-bond acceptors (Lipinski definition) is 6. The normalized spacial score (nSPS) is 13.5. The smallest absolute Gasteiger partial charge is 0.276 e. The fourth-order valence-electron chi connectivity index (χ4n) is 4.17. The maximum atomic E-state index is 13.6. The Labute approximate surface area is 222 Å². The minimum absolute atomic E-state index is 0.00513. The van der Waals surface area contributed by atoms with Crippen LogP contribution in [-0.2, 0) is 9.59 Å². The number of H-pyrrole nitrogens is 1. The Kier molecular flexibility index (Phi) is 8.13. The number of anilines is 3. The SMILES string of the molecule is Cc1[nH]c(/C=N/N=C2\C(=O)Nc3ccc(F)cc32)c(C)c1C(=O)NCCCCC(=O)Nc1ccc(F)cc1N. The summed E-state index contributed by atoms with van der Waals surface area (Å²) in [5.74, 6) is -2.00. The quantitative estimate of drug-likeness (QED) is 0.122. The van der Waals surface area contributed by atoms with E-state index < -0.39 is 17.5 Å². The highest BCUT2D eigenvalue weighted by molar-refractivity contribution is 6.53. The Morgan fingerprint density at radius 2 is 1.82 bits per heavy atom. The first-order valence-electron chi connectivity index (χ1n) is 12.2. The van der Waals surface area contributed by atoms with Crippen molar-refractivity contribution in [1.82, 2.24) is 10.3 Å². The molecular formula is C27H27F2N7O3. The molecule has 6 N–H and O–H groups in total. The summed E-state index contributed by atoms with van der Waals surface area (Å²) < 4.78 is 26.7. The molecule has 10 nitrogen and oxygen atoms in total. The average Bonchev–Trinajstić information content (AvgIpc) is 3.34. The van der Waals surface area contributed by atoms with Crippen molar-refractivity contribution in [3.63, 3.8) is 0 Å². The lowest BCUT2D eigenvalue weighted by Gasteiger charge is -2.09. The van der Waals surface area contributed by atoms with Gasteiger partial charge in [-0.15, -0.1) is 5.10 Å². The number of aromatic nitrogens is 1. The number of benzene rings is 2. The second-order valence-electron chi connectivity index (χ2n) is 8.99. The molecule has 3 aromatic rings. The molecule has 39 heavy (non-hydrogen) atoms. The van der Waals surface area contributed by atoms with Crippen molar-refractivity contribution in [3.8, 4) is 0 Å². The van der Waals surface area contributed by atoms with Crippen LogP contribution in [0.1, 0.15) is 52.1 Å². The largest absolute Gasteiger partial charge is 0.397 e. The first-order valence-corrected chi connectivity index (χ1v) is 12.2. The van der Waals surface area contributed by atoms with Crippen LogP contribution in [0, 0.1) is 25.5 Å². The molecule has 1 aliphatic rings. The molecule has 3 amide bonds. The Morgan fingerprint density at radius 3 is 2.59 bits per heavy atom. The predicted octanol–water partition coefficient (Wildman–Crippen LogP) is 3.81. The van der Waals surface area contributed by atoms with Gasteiger partial charge in [0.1, 0.15) is 11.6 Å². The molecule has 1 aliphatic heterocycles. The first kappa shape index (κ1) is 27.2. The molecule has 0 unspecified atom stereocenters. The van der Waals surface area contributed by atoms with E-state index in [1.165, 1.54) is 36.5 Å². The third kappa shape index (κ3) is 6.35. The summed E-state index contributed by atoms with van der Waals surface area (Å²) in [5.41, 5.74) is 9.24.